The van der Waals surface area contributed by atoms with E-state index < -0.39 is 0 Å². The second-order valence-electron chi connectivity index (χ2n) is 3.53. The van der Waals surface area contributed by atoms with Crippen LogP contribution in [0.15, 0.2) is 30.9 Å². The molecular formula is C13H18ClNO. The molecule has 0 bridgehead atoms. The van der Waals surface area contributed by atoms with Crippen molar-refractivity contribution in [1.82, 2.24) is 5.32 Å². The topological polar surface area (TPSA) is 21.3 Å². The second-order valence-corrected chi connectivity index (χ2v) is 3.94. The number of benzene rings is 1. The van der Waals surface area contributed by atoms with Gasteiger partial charge in [-0.25, -0.2) is 0 Å². The summed E-state index contributed by atoms with van der Waals surface area (Å²) in [6.45, 7) is 6.78. The van der Waals surface area contributed by atoms with Crippen LogP contribution in [-0.2, 0) is 0 Å². The van der Waals surface area contributed by atoms with Gasteiger partial charge >= 0.3 is 0 Å². The molecule has 0 aromatic heterocycles. The molecule has 0 heterocycles. The molecule has 3 heteroatoms. The van der Waals surface area contributed by atoms with Crippen LogP contribution in [0.1, 0.15) is 24.9 Å². The lowest BCUT2D eigenvalue weighted by molar-refractivity contribution is 0.413. The summed E-state index contributed by atoms with van der Waals surface area (Å²) >= 11 is 5.99. The summed E-state index contributed by atoms with van der Waals surface area (Å²) < 4.78 is 5.21. The van der Waals surface area contributed by atoms with Crippen LogP contribution >= 0.6 is 11.6 Å². The standard InChI is InChI=1S/C13H18ClNO/c1-4-6-12(15-5-2)10-7-8-11(14)13(9-10)16-3/h4,7-9,12,15H,1,5-6H2,2-3H3. The van der Waals surface area contributed by atoms with Crippen LogP contribution in [0.3, 0.4) is 0 Å². The van der Waals surface area contributed by atoms with Crippen molar-refractivity contribution in [2.75, 3.05) is 13.7 Å². The first kappa shape index (κ1) is 13.1. The molecule has 1 atom stereocenters. The molecule has 0 spiro atoms. The minimum atomic E-state index is 0.272. The highest BCUT2D eigenvalue weighted by molar-refractivity contribution is 6.32. The fourth-order valence-electron chi connectivity index (χ4n) is 1.64. The summed E-state index contributed by atoms with van der Waals surface area (Å²) in [6.07, 6.45) is 2.80. The fraction of sp³-hybridized carbons (Fsp3) is 0.385. The molecule has 0 aliphatic heterocycles. The average molecular weight is 240 g/mol. The Morgan fingerprint density at radius 3 is 2.88 bits per heavy atom. The van der Waals surface area contributed by atoms with Crippen molar-refractivity contribution >= 4 is 11.6 Å². The van der Waals surface area contributed by atoms with E-state index in [2.05, 4.69) is 18.8 Å². The molecule has 1 unspecified atom stereocenters. The van der Waals surface area contributed by atoms with Gasteiger partial charge in [-0.2, -0.15) is 0 Å². The van der Waals surface area contributed by atoms with E-state index >= 15 is 0 Å². The molecule has 0 saturated heterocycles. The van der Waals surface area contributed by atoms with Crippen LogP contribution in [0, 0.1) is 0 Å². The summed E-state index contributed by atoms with van der Waals surface area (Å²) in [5, 5.41) is 4.04. The predicted octanol–water partition coefficient (Wildman–Crippen LogP) is 3.58. The van der Waals surface area contributed by atoms with Gasteiger partial charge < -0.3 is 10.1 Å². The Kier molecular flexibility index (Phi) is 5.36. The van der Waals surface area contributed by atoms with Crippen molar-refractivity contribution in [3.05, 3.63) is 41.4 Å². The first-order valence-electron chi connectivity index (χ1n) is 5.40. The number of nitrogens with one attached hydrogen (secondary N) is 1. The second kappa shape index (κ2) is 6.56. The number of rotatable bonds is 6. The van der Waals surface area contributed by atoms with Gasteiger partial charge in [-0.3, -0.25) is 0 Å². The Balaban J connectivity index is 2.94. The van der Waals surface area contributed by atoms with Crippen molar-refractivity contribution in [2.45, 2.75) is 19.4 Å². The predicted molar refractivity (Wildman–Crippen MR) is 69.2 cm³/mol. The Morgan fingerprint density at radius 1 is 1.56 bits per heavy atom. The van der Waals surface area contributed by atoms with E-state index in [1.165, 1.54) is 5.56 Å². The minimum Gasteiger partial charge on any atom is -0.495 e. The van der Waals surface area contributed by atoms with Crippen molar-refractivity contribution < 1.29 is 4.74 Å². The maximum atomic E-state index is 5.99. The number of hydrogen-bond donors (Lipinski definition) is 1. The van der Waals surface area contributed by atoms with E-state index in [0.717, 1.165) is 13.0 Å². The third-order valence-corrected chi connectivity index (χ3v) is 2.74. The lowest BCUT2D eigenvalue weighted by Gasteiger charge is -2.17. The zero-order valence-corrected chi connectivity index (χ0v) is 10.6. The lowest BCUT2D eigenvalue weighted by atomic mass is 10.0. The maximum Gasteiger partial charge on any atom is 0.137 e. The van der Waals surface area contributed by atoms with Gasteiger partial charge in [0, 0.05) is 6.04 Å². The quantitative estimate of drug-likeness (QED) is 0.767. The summed E-state index contributed by atoms with van der Waals surface area (Å²) in [5.74, 6) is 0.714. The average Bonchev–Trinajstić information content (AvgIpc) is 2.29. The van der Waals surface area contributed by atoms with Crippen LogP contribution < -0.4 is 10.1 Å². The monoisotopic (exact) mass is 239 g/mol. The molecule has 0 fully saturated rings. The molecule has 0 saturated carbocycles. The van der Waals surface area contributed by atoms with E-state index in [-0.39, 0.29) is 6.04 Å². The van der Waals surface area contributed by atoms with E-state index in [9.17, 15) is 0 Å². The Morgan fingerprint density at radius 2 is 2.31 bits per heavy atom. The first-order valence-corrected chi connectivity index (χ1v) is 5.78. The third kappa shape index (κ3) is 3.26. The molecule has 1 aromatic carbocycles. The van der Waals surface area contributed by atoms with Gasteiger partial charge in [-0.15, -0.1) is 6.58 Å². The molecule has 0 radical (unpaired) electrons. The number of hydrogen-bond acceptors (Lipinski definition) is 2. The van der Waals surface area contributed by atoms with Gasteiger partial charge in [0.1, 0.15) is 5.75 Å². The minimum absolute atomic E-state index is 0.272. The van der Waals surface area contributed by atoms with E-state index in [4.69, 9.17) is 16.3 Å². The summed E-state index contributed by atoms with van der Waals surface area (Å²) in [5.41, 5.74) is 1.17. The molecule has 16 heavy (non-hydrogen) atoms. The zero-order valence-electron chi connectivity index (χ0n) is 9.79. The largest absolute Gasteiger partial charge is 0.495 e. The van der Waals surface area contributed by atoms with Crippen molar-refractivity contribution in [3.63, 3.8) is 0 Å². The van der Waals surface area contributed by atoms with E-state index in [1.807, 2.05) is 24.3 Å². The highest BCUT2D eigenvalue weighted by atomic mass is 35.5. The van der Waals surface area contributed by atoms with Gasteiger partial charge in [0.15, 0.2) is 0 Å². The molecule has 1 N–H and O–H groups in total. The number of ether oxygens (including phenoxy) is 1. The maximum absolute atomic E-state index is 5.99. The number of methoxy groups -OCH3 is 1. The summed E-state index contributed by atoms with van der Waals surface area (Å²) in [6, 6.07) is 6.12. The van der Waals surface area contributed by atoms with Crippen LogP contribution in [0.25, 0.3) is 0 Å². The molecule has 88 valence electrons. The molecule has 1 rings (SSSR count). The Bertz CT molecular complexity index is 352. The third-order valence-electron chi connectivity index (χ3n) is 2.43. The van der Waals surface area contributed by atoms with Gasteiger partial charge in [-0.05, 0) is 30.7 Å². The Hall–Kier alpha value is -0.990. The van der Waals surface area contributed by atoms with Crippen molar-refractivity contribution in [2.24, 2.45) is 0 Å². The first-order chi connectivity index (χ1) is 7.72. The van der Waals surface area contributed by atoms with Crippen LogP contribution in [0.2, 0.25) is 5.02 Å². The molecule has 0 amide bonds. The molecule has 0 aliphatic rings. The molecule has 2 nitrogen and oxygen atoms in total. The normalized spacial score (nSPS) is 12.2. The van der Waals surface area contributed by atoms with Crippen molar-refractivity contribution in [1.29, 1.82) is 0 Å². The van der Waals surface area contributed by atoms with Gasteiger partial charge in [0.2, 0.25) is 0 Å². The van der Waals surface area contributed by atoms with E-state index in [0.29, 0.717) is 10.8 Å². The number of halogens is 1. The summed E-state index contributed by atoms with van der Waals surface area (Å²) in [4.78, 5) is 0. The van der Waals surface area contributed by atoms with Crippen LogP contribution in [-0.4, -0.2) is 13.7 Å². The SMILES string of the molecule is C=CCC(NCC)c1ccc(Cl)c(OC)c1. The lowest BCUT2D eigenvalue weighted by Crippen LogP contribution is -2.20. The highest BCUT2D eigenvalue weighted by Crippen LogP contribution is 2.28. The summed E-state index contributed by atoms with van der Waals surface area (Å²) in [7, 11) is 1.63. The van der Waals surface area contributed by atoms with Crippen LogP contribution in [0.5, 0.6) is 5.75 Å². The molecular weight excluding hydrogens is 222 g/mol. The molecule has 0 aliphatic carbocycles. The molecule has 1 aromatic rings. The smallest absolute Gasteiger partial charge is 0.137 e. The zero-order chi connectivity index (χ0) is 12.0. The van der Waals surface area contributed by atoms with Crippen molar-refractivity contribution in [3.8, 4) is 5.75 Å². The fourth-order valence-corrected chi connectivity index (χ4v) is 1.84. The highest BCUT2D eigenvalue weighted by Gasteiger charge is 2.10. The van der Waals surface area contributed by atoms with Gasteiger partial charge in [0.05, 0.1) is 12.1 Å². The van der Waals surface area contributed by atoms with Gasteiger partial charge in [0.25, 0.3) is 0 Å². The Labute approximate surface area is 102 Å². The van der Waals surface area contributed by atoms with Crippen LogP contribution in [0.4, 0.5) is 0 Å². The van der Waals surface area contributed by atoms with Gasteiger partial charge in [-0.1, -0.05) is 30.7 Å². The van der Waals surface area contributed by atoms with E-state index in [1.54, 1.807) is 7.11 Å².